The molecule has 0 unspecified atom stereocenters. The molecule has 0 radical (unpaired) electrons. The minimum atomic E-state index is -0.863. The summed E-state index contributed by atoms with van der Waals surface area (Å²) in [6.07, 6.45) is 4.68. The van der Waals surface area contributed by atoms with E-state index in [1.807, 2.05) is 6.92 Å². The summed E-state index contributed by atoms with van der Waals surface area (Å²) in [7, 11) is 0. The van der Waals surface area contributed by atoms with Gasteiger partial charge in [-0.3, -0.25) is 4.79 Å². The minimum Gasteiger partial charge on any atom is -0.481 e. The lowest BCUT2D eigenvalue weighted by Gasteiger charge is -1.79. The molecule has 2 N–H and O–H groups in total. The number of aliphatic carboxylic acids is 2. The Hall–Kier alpha value is -1.32. The summed E-state index contributed by atoms with van der Waals surface area (Å²) in [4.78, 5) is 18.8. The standard InChI is InChI=1S/C6H10O2.C2H4O2/c1-2-3-4-5-6(7)8;1-2(3)4/h4-5H,2-3H2,1H3,(H,7,8);1H3,(H,3,4)/b5-4+;. The average Bonchev–Trinajstić information content (AvgIpc) is 1.86. The van der Waals surface area contributed by atoms with E-state index in [-0.39, 0.29) is 0 Å². The van der Waals surface area contributed by atoms with E-state index in [1.54, 1.807) is 6.08 Å². The Labute approximate surface area is 71.5 Å². The van der Waals surface area contributed by atoms with Crippen LogP contribution in [0.1, 0.15) is 26.7 Å². The first-order valence-corrected chi connectivity index (χ1v) is 3.59. The first-order valence-electron chi connectivity index (χ1n) is 3.59. The smallest absolute Gasteiger partial charge is 0.327 e. The summed E-state index contributed by atoms with van der Waals surface area (Å²) >= 11 is 0. The Morgan fingerprint density at radius 3 is 2.00 bits per heavy atom. The normalized spacial score (nSPS) is 8.83. The molecule has 0 rings (SSSR count). The van der Waals surface area contributed by atoms with Crippen molar-refractivity contribution in [1.29, 1.82) is 0 Å². The minimum absolute atomic E-state index is 0.833. The summed E-state index contributed by atoms with van der Waals surface area (Å²) in [5.41, 5.74) is 0. The summed E-state index contributed by atoms with van der Waals surface area (Å²) < 4.78 is 0. The zero-order chi connectivity index (χ0) is 9.98. The zero-order valence-corrected chi connectivity index (χ0v) is 7.28. The molecule has 0 spiro atoms. The molecule has 0 aliphatic heterocycles. The highest BCUT2D eigenvalue weighted by Gasteiger charge is 1.81. The Morgan fingerprint density at radius 2 is 1.75 bits per heavy atom. The van der Waals surface area contributed by atoms with Gasteiger partial charge in [0.05, 0.1) is 0 Å². The van der Waals surface area contributed by atoms with Gasteiger partial charge in [-0.25, -0.2) is 4.79 Å². The van der Waals surface area contributed by atoms with Crippen LogP contribution in [0, 0.1) is 0 Å². The van der Waals surface area contributed by atoms with Crippen molar-refractivity contribution < 1.29 is 19.8 Å². The lowest BCUT2D eigenvalue weighted by molar-refractivity contribution is -0.134. The molecule has 70 valence electrons. The highest BCUT2D eigenvalue weighted by Crippen LogP contribution is 1.86. The monoisotopic (exact) mass is 174 g/mol. The molecule has 0 aromatic heterocycles. The number of hydrogen-bond acceptors (Lipinski definition) is 2. The van der Waals surface area contributed by atoms with E-state index in [9.17, 15) is 4.79 Å². The Morgan fingerprint density at radius 1 is 1.33 bits per heavy atom. The van der Waals surface area contributed by atoms with Gasteiger partial charge in [0, 0.05) is 13.0 Å². The molecule has 0 amide bonds. The molecule has 0 aromatic carbocycles. The van der Waals surface area contributed by atoms with E-state index in [0.717, 1.165) is 19.8 Å². The number of carbonyl (C=O) groups is 2. The van der Waals surface area contributed by atoms with Crippen LogP contribution in [0.25, 0.3) is 0 Å². The van der Waals surface area contributed by atoms with Crippen molar-refractivity contribution >= 4 is 11.9 Å². The van der Waals surface area contributed by atoms with E-state index >= 15 is 0 Å². The summed E-state index contributed by atoms with van der Waals surface area (Å²) in [5, 5.41) is 15.5. The number of carboxylic acids is 2. The number of allylic oxidation sites excluding steroid dienone is 1. The van der Waals surface area contributed by atoms with Crippen LogP contribution in [0.2, 0.25) is 0 Å². The molecule has 0 saturated carbocycles. The lowest BCUT2D eigenvalue weighted by Crippen LogP contribution is -1.84. The maximum atomic E-state index is 9.79. The van der Waals surface area contributed by atoms with Crippen LogP contribution >= 0.6 is 0 Å². The van der Waals surface area contributed by atoms with E-state index in [1.165, 1.54) is 6.08 Å². The fourth-order valence-electron chi connectivity index (χ4n) is 0.351. The molecular weight excluding hydrogens is 160 g/mol. The highest BCUT2D eigenvalue weighted by atomic mass is 16.4. The van der Waals surface area contributed by atoms with Gasteiger partial charge in [-0.15, -0.1) is 0 Å². The topological polar surface area (TPSA) is 74.6 Å². The molecule has 12 heavy (non-hydrogen) atoms. The molecule has 0 aromatic rings. The third kappa shape index (κ3) is 37.8. The first-order chi connectivity index (χ1) is 5.50. The fourth-order valence-corrected chi connectivity index (χ4v) is 0.351. The number of hydrogen-bond donors (Lipinski definition) is 2. The maximum absolute atomic E-state index is 9.79. The van der Waals surface area contributed by atoms with E-state index in [4.69, 9.17) is 15.0 Å². The molecular formula is C8H14O4. The maximum Gasteiger partial charge on any atom is 0.327 e. The molecule has 0 saturated heterocycles. The van der Waals surface area contributed by atoms with Crippen molar-refractivity contribution in [2.45, 2.75) is 26.7 Å². The largest absolute Gasteiger partial charge is 0.481 e. The molecule has 0 atom stereocenters. The Kier molecular flexibility index (Phi) is 10.7. The van der Waals surface area contributed by atoms with Gasteiger partial charge in [0.2, 0.25) is 0 Å². The number of rotatable bonds is 3. The van der Waals surface area contributed by atoms with Crippen molar-refractivity contribution in [2.24, 2.45) is 0 Å². The van der Waals surface area contributed by atoms with E-state index in [0.29, 0.717) is 0 Å². The van der Waals surface area contributed by atoms with Crippen molar-refractivity contribution in [1.82, 2.24) is 0 Å². The number of carboxylic acid groups (broad SMARTS) is 2. The molecule has 0 fully saturated rings. The quantitative estimate of drug-likeness (QED) is 0.636. The second-order valence-corrected chi connectivity index (χ2v) is 2.05. The summed E-state index contributed by atoms with van der Waals surface area (Å²) in [6.45, 7) is 3.09. The van der Waals surface area contributed by atoms with E-state index in [2.05, 4.69) is 0 Å². The molecule has 0 aliphatic carbocycles. The van der Waals surface area contributed by atoms with Gasteiger partial charge in [0.15, 0.2) is 0 Å². The predicted octanol–water partition coefficient (Wildman–Crippen LogP) is 1.52. The van der Waals surface area contributed by atoms with Gasteiger partial charge >= 0.3 is 5.97 Å². The van der Waals surface area contributed by atoms with Crippen LogP contribution in [0.15, 0.2) is 12.2 Å². The molecule has 0 heterocycles. The first kappa shape index (κ1) is 13.3. The Balaban J connectivity index is 0. The van der Waals surface area contributed by atoms with Crippen molar-refractivity contribution in [3.63, 3.8) is 0 Å². The van der Waals surface area contributed by atoms with Crippen molar-refractivity contribution in [2.75, 3.05) is 0 Å². The lowest BCUT2D eigenvalue weighted by atomic mass is 10.3. The van der Waals surface area contributed by atoms with Gasteiger partial charge in [0.25, 0.3) is 5.97 Å². The van der Waals surface area contributed by atoms with Crippen molar-refractivity contribution in [3.8, 4) is 0 Å². The summed E-state index contributed by atoms with van der Waals surface area (Å²) in [5.74, 6) is -1.70. The Bertz CT molecular complexity index is 156. The van der Waals surface area contributed by atoms with Crippen LogP contribution in [-0.2, 0) is 9.59 Å². The highest BCUT2D eigenvalue weighted by molar-refractivity contribution is 5.79. The van der Waals surface area contributed by atoms with Crippen molar-refractivity contribution in [3.05, 3.63) is 12.2 Å². The van der Waals surface area contributed by atoms with E-state index < -0.39 is 11.9 Å². The van der Waals surface area contributed by atoms with Crippen LogP contribution < -0.4 is 0 Å². The SMILES string of the molecule is CC(=O)O.CCC/C=C/C(=O)O. The van der Waals surface area contributed by atoms with Gasteiger partial charge in [0.1, 0.15) is 0 Å². The van der Waals surface area contributed by atoms with Gasteiger partial charge in [-0.2, -0.15) is 0 Å². The van der Waals surface area contributed by atoms with Gasteiger partial charge in [-0.1, -0.05) is 19.4 Å². The summed E-state index contributed by atoms with van der Waals surface area (Å²) in [6, 6.07) is 0. The third-order valence-corrected chi connectivity index (χ3v) is 0.716. The predicted molar refractivity (Wildman–Crippen MR) is 45.0 cm³/mol. The van der Waals surface area contributed by atoms with Gasteiger partial charge < -0.3 is 10.2 Å². The third-order valence-electron chi connectivity index (χ3n) is 0.716. The molecule has 4 heteroatoms. The van der Waals surface area contributed by atoms with Crippen LogP contribution in [-0.4, -0.2) is 22.2 Å². The van der Waals surface area contributed by atoms with Crippen LogP contribution in [0.5, 0.6) is 0 Å². The fraction of sp³-hybridized carbons (Fsp3) is 0.500. The molecule has 0 bridgehead atoms. The second-order valence-electron chi connectivity index (χ2n) is 2.05. The van der Waals surface area contributed by atoms with Crippen LogP contribution in [0.3, 0.4) is 0 Å². The average molecular weight is 174 g/mol. The van der Waals surface area contributed by atoms with Gasteiger partial charge in [-0.05, 0) is 6.42 Å². The second kappa shape index (κ2) is 9.68. The number of unbranched alkanes of at least 4 members (excludes halogenated alkanes) is 1. The van der Waals surface area contributed by atoms with Crippen LogP contribution in [0.4, 0.5) is 0 Å². The molecule has 4 nitrogen and oxygen atoms in total. The molecule has 0 aliphatic rings. The zero-order valence-electron chi connectivity index (χ0n) is 7.28.